The Labute approximate surface area is 255 Å². The number of rotatable bonds is 10. The van der Waals surface area contributed by atoms with E-state index in [1.54, 1.807) is 37.3 Å². The van der Waals surface area contributed by atoms with Crippen molar-refractivity contribution in [3.05, 3.63) is 116 Å². The normalized spacial score (nSPS) is 11.7. The number of thiophene rings is 1. The summed E-state index contributed by atoms with van der Waals surface area (Å²) < 4.78 is 22.2. The monoisotopic (exact) mass is 612 g/mol. The third-order valence-electron chi connectivity index (χ3n) is 7.28. The highest BCUT2D eigenvalue weighted by Gasteiger charge is 2.37. The molecular weight excluding hydrogens is 583 g/mol. The van der Waals surface area contributed by atoms with Crippen LogP contribution in [-0.2, 0) is 34.6 Å². The molecule has 5 aromatic rings. The molecule has 0 saturated carbocycles. The number of hydrogen-bond donors (Lipinski definition) is 0. The largest absolute Gasteiger partial charge is 0.459 e. The molecular formula is C32H29FN6O4S. The molecule has 0 amide bonds. The number of aryl methyl sites for hydroxylation is 3. The maximum absolute atomic E-state index is 14.3. The first kappa shape index (κ1) is 30.3. The van der Waals surface area contributed by atoms with Crippen LogP contribution in [0.25, 0.3) is 21.3 Å². The molecule has 44 heavy (non-hydrogen) atoms. The van der Waals surface area contributed by atoms with Gasteiger partial charge in [-0.3, -0.25) is 9.36 Å². The minimum Gasteiger partial charge on any atom is -0.459 e. The number of hydrogen-bond acceptors (Lipinski definition) is 8. The molecule has 0 aliphatic rings. The Morgan fingerprint density at radius 3 is 2.57 bits per heavy atom. The lowest BCUT2D eigenvalue weighted by molar-refractivity contribution is -0.154. The number of nitriles is 1. The summed E-state index contributed by atoms with van der Waals surface area (Å²) in [6, 6.07) is 15.5. The second-order valence-electron chi connectivity index (χ2n) is 10.6. The van der Waals surface area contributed by atoms with E-state index in [2.05, 4.69) is 10.2 Å². The van der Waals surface area contributed by atoms with E-state index < -0.39 is 28.6 Å². The van der Waals surface area contributed by atoms with Gasteiger partial charge in [-0.05, 0) is 56.0 Å². The molecule has 0 radical (unpaired) electrons. The third-order valence-corrected chi connectivity index (χ3v) is 8.56. The predicted octanol–water partition coefficient (Wildman–Crippen LogP) is 4.90. The zero-order valence-electron chi connectivity index (χ0n) is 24.4. The van der Waals surface area contributed by atoms with Crippen molar-refractivity contribution in [3.63, 3.8) is 0 Å². The van der Waals surface area contributed by atoms with Crippen LogP contribution in [-0.4, -0.2) is 30.1 Å². The smallest absolute Gasteiger partial charge is 0.333 e. The number of ether oxygens (including phenoxy) is 1. The van der Waals surface area contributed by atoms with E-state index in [9.17, 15) is 18.8 Å². The van der Waals surface area contributed by atoms with Crippen molar-refractivity contribution in [2.24, 2.45) is 0 Å². The highest BCUT2D eigenvalue weighted by molar-refractivity contribution is 7.21. The SMILES string of the molecule is Cc1c(-n2nccn2)sc2c1c(=O)n(C(C)(C)C(=O)OCc1ccccc1)c(=O)n2CCc1cc(F)ccc1/C=C/CC#N. The molecule has 0 atom stereocenters. The van der Waals surface area contributed by atoms with Crippen LogP contribution in [0, 0.1) is 24.1 Å². The summed E-state index contributed by atoms with van der Waals surface area (Å²) in [5.41, 5.74) is -0.385. The fraction of sp³-hybridized carbons (Fsp3) is 0.250. The summed E-state index contributed by atoms with van der Waals surface area (Å²) in [5.74, 6) is -1.19. The number of halogens is 1. The first-order valence-corrected chi connectivity index (χ1v) is 14.6. The Bertz CT molecular complexity index is 2020. The average molecular weight is 613 g/mol. The number of nitrogens with zero attached hydrogens (tertiary/aromatic N) is 6. The molecule has 0 spiro atoms. The Morgan fingerprint density at radius 2 is 1.86 bits per heavy atom. The Morgan fingerprint density at radius 1 is 1.14 bits per heavy atom. The standard InChI is InChI=1S/C32H29FN6O4S/c1-21-26-27(40)38(32(2,3)30(41)43-20-22-9-5-4-6-10-22)31(42)37(29(26)44-28(21)39-35-16-17-36-39)18-14-24-19-25(33)13-12-23(24)11-7-8-15-34/h4-7,9-13,16-17,19H,8,14,18,20H2,1-3H3/b11-7+. The summed E-state index contributed by atoms with van der Waals surface area (Å²) in [6.07, 6.45) is 6.84. The van der Waals surface area contributed by atoms with Gasteiger partial charge in [0.05, 0.1) is 30.3 Å². The Balaban J connectivity index is 1.63. The van der Waals surface area contributed by atoms with Gasteiger partial charge in [0, 0.05) is 12.1 Å². The van der Waals surface area contributed by atoms with Gasteiger partial charge in [0.1, 0.15) is 27.8 Å². The number of aromatic nitrogens is 5. The van der Waals surface area contributed by atoms with Crippen LogP contribution in [0.1, 0.15) is 42.5 Å². The van der Waals surface area contributed by atoms with Crippen molar-refractivity contribution in [3.8, 4) is 11.1 Å². The molecule has 224 valence electrons. The Hall–Kier alpha value is -5.15. The summed E-state index contributed by atoms with van der Waals surface area (Å²) in [4.78, 5) is 43.4. The molecule has 2 aromatic carbocycles. The fourth-order valence-electron chi connectivity index (χ4n) is 4.95. The summed E-state index contributed by atoms with van der Waals surface area (Å²) in [6.45, 7) is 4.73. The van der Waals surface area contributed by atoms with E-state index in [0.717, 1.165) is 10.1 Å². The van der Waals surface area contributed by atoms with Crippen molar-refractivity contribution >= 4 is 33.6 Å². The molecule has 10 nitrogen and oxygen atoms in total. The van der Waals surface area contributed by atoms with Gasteiger partial charge in [0.15, 0.2) is 0 Å². The number of benzene rings is 2. The van der Waals surface area contributed by atoms with Crippen molar-refractivity contribution in [1.82, 2.24) is 24.1 Å². The molecule has 5 rings (SSSR count). The molecule has 3 heterocycles. The van der Waals surface area contributed by atoms with Gasteiger partial charge in [-0.15, -0.1) is 4.80 Å². The first-order chi connectivity index (χ1) is 21.1. The van der Waals surface area contributed by atoms with E-state index in [4.69, 9.17) is 10.00 Å². The predicted molar refractivity (Wildman–Crippen MR) is 165 cm³/mol. The van der Waals surface area contributed by atoms with Gasteiger partial charge >= 0.3 is 11.7 Å². The van der Waals surface area contributed by atoms with E-state index in [-0.39, 0.29) is 31.4 Å². The van der Waals surface area contributed by atoms with Crippen LogP contribution < -0.4 is 11.2 Å². The van der Waals surface area contributed by atoms with Crippen molar-refractivity contribution < 1.29 is 13.9 Å². The van der Waals surface area contributed by atoms with Crippen LogP contribution in [0.15, 0.2) is 76.6 Å². The summed E-state index contributed by atoms with van der Waals surface area (Å²) >= 11 is 1.18. The highest BCUT2D eigenvalue weighted by atomic mass is 32.1. The lowest BCUT2D eigenvalue weighted by Gasteiger charge is -2.26. The van der Waals surface area contributed by atoms with E-state index >= 15 is 0 Å². The van der Waals surface area contributed by atoms with Crippen LogP contribution in [0.2, 0.25) is 0 Å². The second kappa shape index (κ2) is 12.6. The zero-order valence-corrected chi connectivity index (χ0v) is 25.2. The van der Waals surface area contributed by atoms with Crippen molar-refractivity contribution in [2.75, 3.05) is 0 Å². The quantitative estimate of drug-likeness (QED) is 0.206. The number of allylic oxidation sites excluding steroid dienone is 1. The first-order valence-electron chi connectivity index (χ1n) is 13.8. The minimum atomic E-state index is -1.67. The maximum atomic E-state index is 14.3. The molecule has 0 bridgehead atoms. The lowest BCUT2D eigenvalue weighted by Crippen LogP contribution is -2.53. The van der Waals surface area contributed by atoms with Crippen LogP contribution in [0.5, 0.6) is 0 Å². The average Bonchev–Trinajstić information content (AvgIpc) is 3.65. The topological polar surface area (TPSA) is 125 Å². The van der Waals surface area contributed by atoms with E-state index in [1.807, 2.05) is 24.3 Å². The van der Waals surface area contributed by atoms with Gasteiger partial charge in [-0.2, -0.15) is 15.5 Å². The maximum Gasteiger partial charge on any atom is 0.333 e. The molecule has 3 aromatic heterocycles. The van der Waals surface area contributed by atoms with Crippen LogP contribution in [0.4, 0.5) is 4.39 Å². The number of esters is 1. The van der Waals surface area contributed by atoms with Gasteiger partial charge < -0.3 is 4.74 Å². The molecule has 0 N–H and O–H groups in total. The lowest BCUT2D eigenvalue weighted by atomic mass is 10.0. The molecule has 12 heteroatoms. The van der Waals surface area contributed by atoms with Crippen LogP contribution in [0.3, 0.4) is 0 Å². The van der Waals surface area contributed by atoms with Crippen LogP contribution >= 0.6 is 11.3 Å². The van der Waals surface area contributed by atoms with Crippen molar-refractivity contribution in [1.29, 1.82) is 5.26 Å². The highest BCUT2D eigenvalue weighted by Crippen LogP contribution is 2.31. The molecule has 0 aliphatic heterocycles. The molecule has 0 unspecified atom stereocenters. The zero-order chi connectivity index (χ0) is 31.4. The number of carbonyl (C=O) groups is 1. The van der Waals surface area contributed by atoms with Gasteiger partial charge in [-0.1, -0.05) is 59.9 Å². The van der Waals surface area contributed by atoms with Crippen molar-refractivity contribution in [2.45, 2.75) is 52.3 Å². The fourth-order valence-corrected chi connectivity index (χ4v) is 6.19. The summed E-state index contributed by atoms with van der Waals surface area (Å²) in [5, 5.41) is 18.1. The van der Waals surface area contributed by atoms with Gasteiger partial charge in [0.25, 0.3) is 5.56 Å². The van der Waals surface area contributed by atoms with Gasteiger partial charge in [0.2, 0.25) is 0 Å². The summed E-state index contributed by atoms with van der Waals surface area (Å²) in [7, 11) is 0. The minimum absolute atomic E-state index is 0.0252. The Kier molecular flexibility index (Phi) is 8.69. The van der Waals surface area contributed by atoms with Gasteiger partial charge in [-0.25, -0.2) is 18.5 Å². The number of carbonyl (C=O) groups excluding carboxylic acids is 1. The van der Waals surface area contributed by atoms with E-state index in [0.29, 0.717) is 26.5 Å². The second-order valence-corrected chi connectivity index (χ2v) is 11.6. The molecule has 0 fully saturated rings. The van der Waals surface area contributed by atoms with E-state index in [1.165, 1.54) is 59.1 Å². The number of fused-ring (bicyclic) bond motifs is 1. The third kappa shape index (κ3) is 5.87. The molecule has 0 aliphatic carbocycles. The molecule has 0 saturated heterocycles.